The van der Waals surface area contributed by atoms with Crippen LogP contribution in [-0.2, 0) is 4.79 Å². The zero-order chi connectivity index (χ0) is 7.44. The zero-order valence-corrected chi connectivity index (χ0v) is 6.35. The average molecular weight is 128 g/mol. The van der Waals surface area contributed by atoms with Crippen LogP contribution in [-0.4, -0.2) is 23.9 Å². The Balaban J connectivity index is 3.72. The molecule has 0 fully saturated rings. The number of hydrogen-bond donors (Lipinski definition) is 0. The molecule has 1 radical (unpaired) electrons. The van der Waals surface area contributed by atoms with Gasteiger partial charge in [-0.1, -0.05) is 6.92 Å². The number of amides is 1. The molecule has 0 spiro atoms. The highest BCUT2D eigenvalue weighted by Gasteiger charge is 2.07. The number of carbonyl (C=O) groups is 1. The van der Waals surface area contributed by atoms with Crippen LogP contribution in [0.3, 0.4) is 0 Å². The van der Waals surface area contributed by atoms with Gasteiger partial charge in [-0.25, -0.2) is 0 Å². The molecular weight excluding hydrogens is 114 g/mol. The SMILES string of the molecule is [CH2]C(=O)N(C)C(C)CC. The molecule has 0 aromatic rings. The Bertz CT molecular complexity index is 101. The Hall–Kier alpha value is -0.530. The van der Waals surface area contributed by atoms with Gasteiger partial charge in [0, 0.05) is 20.0 Å². The molecule has 1 atom stereocenters. The van der Waals surface area contributed by atoms with E-state index in [9.17, 15) is 4.79 Å². The maximum absolute atomic E-state index is 10.6. The molecule has 0 aliphatic rings. The second kappa shape index (κ2) is 3.49. The summed E-state index contributed by atoms with van der Waals surface area (Å²) in [7, 11) is 1.77. The average Bonchev–Trinajstić information content (AvgIpc) is 1.84. The van der Waals surface area contributed by atoms with Crippen LogP contribution in [0.4, 0.5) is 0 Å². The first-order valence-electron chi connectivity index (χ1n) is 3.18. The minimum absolute atomic E-state index is 0.107. The Morgan fingerprint density at radius 3 is 2.33 bits per heavy atom. The quantitative estimate of drug-likeness (QED) is 0.545. The van der Waals surface area contributed by atoms with Crippen molar-refractivity contribution in [1.29, 1.82) is 0 Å². The van der Waals surface area contributed by atoms with Crippen LogP contribution in [0.5, 0.6) is 0 Å². The van der Waals surface area contributed by atoms with E-state index in [1.54, 1.807) is 11.9 Å². The second-order valence-electron chi connectivity index (χ2n) is 2.26. The van der Waals surface area contributed by atoms with Crippen molar-refractivity contribution >= 4 is 5.91 Å². The van der Waals surface area contributed by atoms with E-state index < -0.39 is 0 Å². The third-order valence-corrected chi connectivity index (χ3v) is 1.65. The lowest BCUT2D eigenvalue weighted by Gasteiger charge is -2.21. The fourth-order valence-corrected chi connectivity index (χ4v) is 0.520. The van der Waals surface area contributed by atoms with Crippen LogP contribution >= 0.6 is 0 Å². The molecule has 0 rings (SSSR count). The van der Waals surface area contributed by atoms with Crippen molar-refractivity contribution in [2.45, 2.75) is 26.3 Å². The number of carbonyl (C=O) groups excluding carboxylic acids is 1. The van der Waals surface area contributed by atoms with Gasteiger partial charge in [-0.3, -0.25) is 4.79 Å². The number of nitrogens with zero attached hydrogens (tertiary/aromatic N) is 1. The first-order chi connectivity index (χ1) is 4.09. The van der Waals surface area contributed by atoms with Crippen molar-refractivity contribution in [3.05, 3.63) is 6.92 Å². The lowest BCUT2D eigenvalue weighted by Crippen LogP contribution is -2.32. The van der Waals surface area contributed by atoms with Crippen LogP contribution in [0, 0.1) is 6.92 Å². The summed E-state index contributed by atoms with van der Waals surface area (Å²) in [5.74, 6) is -0.107. The maximum atomic E-state index is 10.6. The number of hydrogen-bond acceptors (Lipinski definition) is 1. The summed E-state index contributed by atoms with van der Waals surface area (Å²) in [5, 5.41) is 0. The van der Waals surface area contributed by atoms with E-state index in [1.807, 2.05) is 13.8 Å². The van der Waals surface area contributed by atoms with Gasteiger partial charge in [-0.2, -0.15) is 0 Å². The van der Waals surface area contributed by atoms with Crippen molar-refractivity contribution in [2.24, 2.45) is 0 Å². The first kappa shape index (κ1) is 8.47. The highest BCUT2D eigenvalue weighted by molar-refractivity contribution is 5.80. The monoisotopic (exact) mass is 128 g/mol. The fourth-order valence-electron chi connectivity index (χ4n) is 0.520. The van der Waals surface area contributed by atoms with E-state index in [0.717, 1.165) is 6.42 Å². The minimum Gasteiger partial charge on any atom is -0.343 e. The van der Waals surface area contributed by atoms with Crippen molar-refractivity contribution in [3.8, 4) is 0 Å². The summed E-state index contributed by atoms with van der Waals surface area (Å²) >= 11 is 0. The fraction of sp³-hybridized carbons (Fsp3) is 0.714. The summed E-state index contributed by atoms with van der Waals surface area (Å²) in [6.45, 7) is 7.34. The maximum Gasteiger partial charge on any atom is 0.223 e. The van der Waals surface area contributed by atoms with E-state index in [0.29, 0.717) is 6.04 Å². The molecule has 1 amide bonds. The van der Waals surface area contributed by atoms with Crippen LogP contribution in [0.15, 0.2) is 0 Å². The molecule has 9 heavy (non-hydrogen) atoms. The second-order valence-corrected chi connectivity index (χ2v) is 2.26. The third-order valence-electron chi connectivity index (χ3n) is 1.65. The predicted octanol–water partition coefficient (Wildman–Crippen LogP) is 1.08. The molecule has 0 aromatic carbocycles. The summed E-state index contributed by atoms with van der Waals surface area (Å²) in [6.07, 6.45) is 0.984. The Labute approximate surface area is 56.9 Å². The minimum atomic E-state index is -0.107. The third kappa shape index (κ3) is 2.49. The first-order valence-corrected chi connectivity index (χ1v) is 3.18. The Morgan fingerprint density at radius 2 is 2.22 bits per heavy atom. The molecule has 0 aliphatic heterocycles. The van der Waals surface area contributed by atoms with E-state index in [4.69, 9.17) is 0 Å². The van der Waals surface area contributed by atoms with Gasteiger partial charge in [0.15, 0.2) is 0 Å². The standard InChI is InChI=1S/C7H14NO/c1-5-6(2)8(4)7(3)9/h6H,3,5H2,1-2,4H3. The van der Waals surface area contributed by atoms with Gasteiger partial charge < -0.3 is 4.90 Å². The lowest BCUT2D eigenvalue weighted by molar-refractivity contribution is -0.126. The van der Waals surface area contributed by atoms with Crippen LogP contribution in [0.1, 0.15) is 20.3 Å². The van der Waals surface area contributed by atoms with E-state index in [1.165, 1.54) is 0 Å². The largest absolute Gasteiger partial charge is 0.343 e. The van der Waals surface area contributed by atoms with Crippen LogP contribution < -0.4 is 0 Å². The van der Waals surface area contributed by atoms with Gasteiger partial charge in [-0.05, 0) is 13.3 Å². The molecular formula is C7H14NO. The Morgan fingerprint density at radius 1 is 1.78 bits per heavy atom. The Kier molecular flexibility index (Phi) is 3.28. The van der Waals surface area contributed by atoms with Gasteiger partial charge in [0.05, 0.1) is 0 Å². The molecule has 0 heterocycles. The van der Waals surface area contributed by atoms with E-state index >= 15 is 0 Å². The molecule has 0 saturated heterocycles. The zero-order valence-electron chi connectivity index (χ0n) is 6.35. The molecule has 1 unspecified atom stereocenters. The highest BCUT2D eigenvalue weighted by atomic mass is 16.2. The smallest absolute Gasteiger partial charge is 0.223 e. The molecule has 2 nitrogen and oxygen atoms in total. The van der Waals surface area contributed by atoms with Crippen molar-refractivity contribution < 1.29 is 4.79 Å². The molecule has 2 heteroatoms. The molecule has 0 aromatic heterocycles. The van der Waals surface area contributed by atoms with E-state index in [-0.39, 0.29) is 5.91 Å². The summed E-state index contributed by atoms with van der Waals surface area (Å²) in [6, 6.07) is 0.315. The molecule has 0 aliphatic carbocycles. The topological polar surface area (TPSA) is 20.3 Å². The number of rotatable bonds is 2. The van der Waals surface area contributed by atoms with Crippen molar-refractivity contribution in [3.63, 3.8) is 0 Å². The molecule has 0 saturated carbocycles. The van der Waals surface area contributed by atoms with Gasteiger partial charge in [0.1, 0.15) is 0 Å². The van der Waals surface area contributed by atoms with Crippen molar-refractivity contribution in [1.82, 2.24) is 4.90 Å². The summed E-state index contributed by atoms with van der Waals surface area (Å²) < 4.78 is 0. The van der Waals surface area contributed by atoms with Gasteiger partial charge in [0.25, 0.3) is 0 Å². The van der Waals surface area contributed by atoms with Crippen LogP contribution in [0.25, 0.3) is 0 Å². The van der Waals surface area contributed by atoms with Gasteiger partial charge in [-0.15, -0.1) is 0 Å². The predicted molar refractivity (Wildman–Crippen MR) is 37.9 cm³/mol. The molecule has 0 N–H and O–H groups in total. The normalized spacial score (nSPS) is 12.9. The lowest BCUT2D eigenvalue weighted by atomic mass is 10.2. The molecule has 0 bridgehead atoms. The van der Waals surface area contributed by atoms with Gasteiger partial charge >= 0.3 is 0 Å². The summed E-state index contributed by atoms with van der Waals surface area (Å²) in [5.41, 5.74) is 0. The highest BCUT2D eigenvalue weighted by Crippen LogP contribution is 1.98. The van der Waals surface area contributed by atoms with Crippen LogP contribution in [0.2, 0.25) is 0 Å². The van der Waals surface area contributed by atoms with E-state index in [2.05, 4.69) is 6.92 Å². The molecule has 53 valence electrons. The van der Waals surface area contributed by atoms with Gasteiger partial charge in [0.2, 0.25) is 5.91 Å². The summed E-state index contributed by atoms with van der Waals surface area (Å²) in [4.78, 5) is 12.2. The van der Waals surface area contributed by atoms with Crippen molar-refractivity contribution in [2.75, 3.05) is 7.05 Å².